The fraction of sp³-hybridized carbons (Fsp3) is 0.0217. The van der Waals surface area contributed by atoms with Crippen molar-refractivity contribution in [3.05, 3.63) is 182 Å². The molecule has 8 rings (SSSR count). The average Bonchev–Trinajstić information content (AvgIpc) is 3.21. The van der Waals surface area contributed by atoms with Crippen LogP contribution in [-0.4, -0.2) is 19.9 Å². The van der Waals surface area contributed by atoms with Crippen molar-refractivity contribution in [3.8, 4) is 73.6 Å². The first kappa shape index (κ1) is 32.5. The second-order valence-electron chi connectivity index (χ2n) is 11.9. The summed E-state index contributed by atoms with van der Waals surface area (Å²) in [5, 5.41) is 9.45. The molecule has 0 radical (unpaired) electrons. The number of rotatable bonds is 6. The zero-order valence-corrected chi connectivity index (χ0v) is 28.1. The van der Waals surface area contributed by atoms with Crippen molar-refractivity contribution in [2.75, 3.05) is 0 Å². The van der Waals surface area contributed by atoms with Crippen LogP contribution in [0.25, 0.3) is 78.6 Å². The summed E-state index contributed by atoms with van der Waals surface area (Å²) in [4.78, 5) is 20.2. The minimum Gasteiger partial charge on any atom is -0.244 e. The van der Waals surface area contributed by atoms with Crippen molar-refractivity contribution >= 4 is 11.0 Å². The van der Waals surface area contributed by atoms with Crippen LogP contribution < -0.4 is 0 Å². The third-order valence-corrected chi connectivity index (χ3v) is 8.31. The van der Waals surface area contributed by atoms with Gasteiger partial charge in [0, 0.05) is 27.8 Å². The quantitative estimate of drug-likeness (QED) is 0.167. The molecule has 242 valence electrons. The smallest absolute Gasteiger partial charge is 0.160 e. The Morgan fingerprint density at radius 3 is 1.47 bits per heavy atom. The number of nitriles is 1. The molecule has 0 bridgehead atoms. The van der Waals surface area contributed by atoms with E-state index in [1.165, 1.54) is 0 Å². The molecule has 0 amide bonds. The normalized spacial score (nSPS) is 10.5. The topological polar surface area (TPSA) is 75.3 Å². The van der Waals surface area contributed by atoms with E-state index >= 15 is 0 Å². The summed E-state index contributed by atoms with van der Waals surface area (Å²) in [5.74, 6) is 0.652. The molecule has 0 aliphatic carbocycles. The van der Waals surface area contributed by atoms with Crippen LogP contribution >= 0.6 is 0 Å². The maximum absolute atomic E-state index is 9.45. The van der Waals surface area contributed by atoms with Gasteiger partial charge >= 0.3 is 0 Å². The molecular formula is C46H33N5. The van der Waals surface area contributed by atoms with E-state index in [-0.39, 0.29) is 0 Å². The number of allylic oxidation sites excluding steroid dienone is 1. The summed E-state index contributed by atoms with van der Waals surface area (Å²) < 4.78 is 0. The van der Waals surface area contributed by atoms with Crippen LogP contribution in [0.5, 0.6) is 0 Å². The predicted molar refractivity (Wildman–Crippen MR) is 208 cm³/mol. The molecule has 6 aromatic carbocycles. The van der Waals surface area contributed by atoms with Crippen molar-refractivity contribution < 1.29 is 0 Å². The number of aromatic nitrogens is 4. The van der Waals surface area contributed by atoms with Gasteiger partial charge in [0.25, 0.3) is 0 Å². The van der Waals surface area contributed by atoms with Crippen LogP contribution in [0.15, 0.2) is 176 Å². The molecule has 0 unspecified atom stereocenters. The summed E-state index contributed by atoms with van der Waals surface area (Å²) in [7, 11) is 0. The Kier molecular flexibility index (Phi) is 9.58. The number of benzene rings is 6. The second kappa shape index (κ2) is 15.0. The van der Waals surface area contributed by atoms with Gasteiger partial charge in [0.05, 0.1) is 45.4 Å². The Labute approximate surface area is 298 Å². The Balaban J connectivity index is 0.00000131. The third kappa shape index (κ3) is 7.22. The number of hydrogen-bond acceptors (Lipinski definition) is 5. The molecule has 0 atom stereocenters. The Hall–Kier alpha value is -7.03. The summed E-state index contributed by atoms with van der Waals surface area (Å²) in [6.07, 6.45) is 1.75. The lowest BCUT2D eigenvalue weighted by Crippen LogP contribution is -1.97. The molecule has 2 aromatic heterocycles. The number of nitrogens with zero attached hydrogens (tertiary/aromatic N) is 5. The lowest BCUT2D eigenvalue weighted by molar-refractivity contribution is 1.18. The molecule has 0 aliphatic rings. The van der Waals surface area contributed by atoms with Gasteiger partial charge in [-0.25, -0.2) is 19.9 Å². The van der Waals surface area contributed by atoms with Crippen molar-refractivity contribution in [2.45, 2.75) is 6.92 Å². The minimum atomic E-state index is 0.623. The fourth-order valence-electron chi connectivity index (χ4n) is 5.88. The molecule has 0 saturated heterocycles. The lowest BCUT2D eigenvalue weighted by atomic mass is 9.97. The van der Waals surface area contributed by atoms with E-state index in [2.05, 4.69) is 79.4 Å². The zero-order valence-electron chi connectivity index (χ0n) is 28.1. The molecular weight excluding hydrogens is 623 g/mol. The van der Waals surface area contributed by atoms with E-state index in [0.29, 0.717) is 11.4 Å². The van der Waals surface area contributed by atoms with Gasteiger partial charge in [-0.2, -0.15) is 5.26 Å². The van der Waals surface area contributed by atoms with Gasteiger partial charge in [-0.3, -0.25) is 0 Å². The molecule has 0 aliphatic heterocycles. The van der Waals surface area contributed by atoms with E-state index in [0.717, 1.165) is 72.8 Å². The van der Waals surface area contributed by atoms with E-state index in [9.17, 15) is 5.26 Å². The minimum absolute atomic E-state index is 0.623. The molecule has 0 fully saturated rings. The van der Waals surface area contributed by atoms with Gasteiger partial charge in [0.2, 0.25) is 0 Å². The largest absolute Gasteiger partial charge is 0.244 e. The molecule has 5 heteroatoms. The first-order chi connectivity index (χ1) is 25.1. The van der Waals surface area contributed by atoms with Gasteiger partial charge in [-0.1, -0.05) is 133 Å². The summed E-state index contributed by atoms with van der Waals surface area (Å²) in [5.41, 5.74) is 12.4. The molecule has 0 spiro atoms. The zero-order chi connectivity index (χ0) is 35.0. The highest BCUT2D eigenvalue weighted by atomic mass is 14.9. The molecule has 8 aromatic rings. The van der Waals surface area contributed by atoms with Gasteiger partial charge in [-0.05, 0) is 54.4 Å². The van der Waals surface area contributed by atoms with E-state index < -0.39 is 0 Å². The molecule has 0 N–H and O–H groups in total. The van der Waals surface area contributed by atoms with Gasteiger partial charge in [-0.15, -0.1) is 6.58 Å². The van der Waals surface area contributed by atoms with Gasteiger partial charge < -0.3 is 0 Å². The molecule has 2 heterocycles. The highest BCUT2D eigenvalue weighted by Gasteiger charge is 2.16. The molecule has 51 heavy (non-hydrogen) atoms. The number of fused-ring (bicyclic) bond motifs is 1. The van der Waals surface area contributed by atoms with Crippen molar-refractivity contribution in [1.82, 2.24) is 19.9 Å². The van der Waals surface area contributed by atoms with Crippen LogP contribution in [0.1, 0.15) is 12.5 Å². The summed E-state index contributed by atoms with van der Waals surface area (Å²) in [6, 6.07) is 56.7. The average molecular weight is 656 g/mol. The fourth-order valence-corrected chi connectivity index (χ4v) is 5.88. The van der Waals surface area contributed by atoms with Crippen LogP contribution in [0.4, 0.5) is 0 Å². The second-order valence-corrected chi connectivity index (χ2v) is 11.9. The van der Waals surface area contributed by atoms with Crippen LogP contribution in [0, 0.1) is 11.3 Å². The van der Waals surface area contributed by atoms with Crippen molar-refractivity contribution in [1.29, 1.82) is 5.26 Å². The first-order valence-electron chi connectivity index (χ1n) is 16.7. The monoisotopic (exact) mass is 655 g/mol. The van der Waals surface area contributed by atoms with Crippen molar-refractivity contribution in [2.24, 2.45) is 0 Å². The van der Waals surface area contributed by atoms with Crippen LogP contribution in [0.2, 0.25) is 0 Å². The first-order valence-corrected chi connectivity index (χ1v) is 16.7. The highest BCUT2D eigenvalue weighted by Crippen LogP contribution is 2.35. The maximum Gasteiger partial charge on any atom is 0.160 e. The molecule has 0 saturated carbocycles. The van der Waals surface area contributed by atoms with E-state index in [1.807, 2.05) is 104 Å². The van der Waals surface area contributed by atoms with Crippen molar-refractivity contribution in [3.63, 3.8) is 0 Å². The summed E-state index contributed by atoms with van der Waals surface area (Å²) in [6.45, 7) is 5.25. The maximum atomic E-state index is 9.45. The summed E-state index contributed by atoms with van der Waals surface area (Å²) >= 11 is 0. The SMILES string of the molecule is C=CC.N#Cc1cccc(-c2cccc(-c3nc4ccccc4nc3-c3ccc(-c4nc(-c5ccccc5)cc(-c5ccccc5)n4)cc3)c2)c1. The Morgan fingerprint density at radius 1 is 0.451 bits per heavy atom. The number of hydrogen-bond donors (Lipinski definition) is 0. The lowest BCUT2D eigenvalue weighted by Gasteiger charge is -2.13. The molecule has 5 nitrogen and oxygen atoms in total. The van der Waals surface area contributed by atoms with E-state index in [4.69, 9.17) is 19.9 Å². The number of para-hydroxylation sites is 2. The standard InChI is InChI=1S/C43H27N5.C3H6/c44-28-29-11-9-16-34(25-29)35-17-10-18-36(26-35)42-41(45-37-19-7-8-20-38(37)46-42)32-21-23-33(24-22-32)43-47-39(30-12-3-1-4-13-30)27-40(48-43)31-14-5-2-6-15-31;1-3-2/h1-27H;3H,1H2,2H3. The Morgan fingerprint density at radius 2 is 0.902 bits per heavy atom. The van der Waals surface area contributed by atoms with E-state index in [1.54, 1.807) is 6.08 Å². The third-order valence-electron chi connectivity index (χ3n) is 8.31. The highest BCUT2D eigenvalue weighted by molar-refractivity contribution is 5.88. The Bertz CT molecular complexity index is 2440. The van der Waals surface area contributed by atoms with Gasteiger partial charge in [0.1, 0.15) is 0 Å². The predicted octanol–water partition coefficient (Wildman–Crippen LogP) is 11.5. The van der Waals surface area contributed by atoms with Crippen LogP contribution in [0.3, 0.4) is 0 Å². The van der Waals surface area contributed by atoms with Gasteiger partial charge in [0.15, 0.2) is 5.82 Å². The van der Waals surface area contributed by atoms with Crippen LogP contribution in [-0.2, 0) is 0 Å².